The molecule has 1 amide bonds. The van der Waals surface area contributed by atoms with Crippen molar-refractivity contribution in [1.29, 1.82) is 0 Å². The molecule has 1 aromatic rings. The van der Waals surface area contributed by atoms with Crippen molar-refractivity contribution in [1.82, 2.24) is 5.32 Å². The molecule has 0 aromatic heterocycles. The largest absolute Gasteiger partial charge is 0.397 e. The molecule has 116 valence electrons. The van der Waals surface area contributed by atoms with Gasteiger partial charge < -0.3 is 16.0 Å². The van der Waals surface area contributed by atoms with Crippen LogP contribution in [0.15, 0.2) is 18.2 Å². The van der Waals surface area contributed by atoms with Crippen molar-refractivity contribution in [2.75, 3.05) is 30.8 Å². The number of carbonyl (C=O) groups excluding carboxylic acids is 1. The number of nitrogens with zero attached hydrogens (tertiary/aromatic N) is 1. The van der Waals surface area contributed by atoms with Crippen LogP contribution in [0.5, 0.6) is 0 Å². The van der Waals surface area contributed by atoms with Crippen molar-refractivity contribution in [3.8, 4) is 0 Å². The quantitative estimate of drug-likeness (QED) is 0.819. The number of carbonyl (C=O) groups is 1. The van der Waals surface area contributed by atoms with Crippen molar-refractivity contribution in [3.05, 3.63) is 23.8 Å². The zero-order chi connectivity index (χ0) is 15.2. The molecule has 0 atom stereocenters. The third-order valence-electron chi connectivity index (χ3n) is 4.30. The van der Waals surface area contributed by atoms with Gasteiger partial charge in [0.25, 0.3) is 5.91 Å². The maximum Gasteiger partial charge on any atom is 0.251 e. The molecule has 1 aliphatic carbocycles. The first-order valence-electron chi connectivity index (χ1n) is 8.00. The summed E-state index contributed by atoms with van der Waals surface area (Å²) in [5, 5.41) is 2.83. The topological polar surface area (TPSA) is 58.4 Å². The third-order valence-corrected chi connectivity index (χ3v) is 4.30. The molecule has 0 unspecified atom stereocenters. The summed E-state index contributed by atoms with van der Waals surface area (Å²) in [7, 11) is 2.07. The molecule has 4 nitrogen and oxygen atoms in total. The molecular weight excluding hydrogens is 262 g/mol. The second-order valence-corrected chi connectivity index (χ2v) is 6.02. The first-order chi connectivity index (χ1) is 10.1. The second-order valence-electron chi connectivity index (χ2n) is 6.02. The van der Waals surface area contributed by atoms with Crippen LogP contribution in [0.4, 0.5) is 11.4 Å². The molecule has 0 heterocycles. The Balaban J connectivity index is 2.09. The van der Waals surface area contributed by atoms with E-state index in [0.29, 0.717) is 12.1 Å². The fraction of sp³-hybridized carbons (Fsp3) is 0.588. The third kappa shape index (κ3) is 4.13. The highest BCUT2D eigenvalue weighted by Gasteiger charge is 2.17. The van der Waals surface area contributed by atoms with Crippen LogP contribution >= 0.6 is 0 Å². The molecule has 1 fully saturated rings. The SMILES string of the molecule is CCNC(=O)c1ccc(N)c(N(C)CC2CCCCC2)c1. The maximum atomic E-state index is 12.0. The highest BCUT2D eigenvalue weighted by atomic mass is 16.1. The summed E-state index contributed by atoms with van der Waals surface area (Å²) in [6.45, 7) is 3.57. The molecule has 0 saturated heterocycles. The molecule has 0 radical (unpaired) electrons. The number of nitrogens with two attached hydrogens (primary N) is 1. The summed E-state index contributed by atoms with van der Waals surface area (Å²) in [6, 6.07) is 5.53. The average molecular weight is 289 g/mol. The highest BCUT2D eigenvalue weighted by molar-refractivity contribution is 5.96. The fourth-order valence-electron chi connectivity index (χ4n) is 3.13. The number of nitrogens with one attached hydrogen (secondary N) is 1. The van der Waals surface area contributed by atoms with E-state index in [4.69, 9.17) is 5.73 Å². The second kappa shape index (κ2) is 7.34. The normalized spacial score (nSPS) is 15.7. The van der Waals surface area contributed by atoms with Crippen LogP contribution in [0, 0.1) is 5.92 Å². The van der Waals surface area contributed by atoms with Gasteiger partial charge in [-0.3, -0.25) is 4.79 Å². The molecule has 1 saturated carbocycles. The van der Waals surface area contributed by atoms with Crippen molar-refractivity contribution >= 4 is 17.3 Å². The van der Waals surface area contributed by atoms with Gasteiger partial charge in [-0.2, -0.15) is 0 Å². The van der Waals surface area contributed by atoms with Gasteiger partial charge in [0.15, 0.2) is 0 Å². The molecule has 21 heavy (non-hydrogen) atoms. The van der Waals surface area contributed by atoms with Gasteiger partial charge >= 0.3 is 0 Å². The Hall–Kier alpha value is -1.71. The number of hydrogen-bond donors (Lipinski definition) is 2. The van der Waals surface area contributed by atoms with E-state index in [2.05, 4.69) is 17.3 Å². The van der Waals surface area contributed by atoms with Crippen molar-refractivity contribution in [3.63, 3.8) is 0 Å². The lowest BCUT2D eigenvalue weighted by Gasteiger charge is -2.29. The minimum Gasteiger partial charge on any atom is -0.397 e. The molecule has 2 rings (SSSR count). The standard InChI is InChI=1S/C17H27N3O/c1-3-19-17(21)14-9-10-15(18)16(11-14)20(2)12-13-7-5-4-6-8-13/h9-11,13H,3-8,12,18H2,1-2H3,(H,19,21). The van der Waals surface area contributed by atoms with Gasteiger partial charge in [-0.05, 0) is 43.9 Å². The van der Waals surface area contributed by atoms with Crippen LogP contribution in [-0.4, -0.2) is 26.0 Å². The lowest BCUT2D eigenvalue weighted by Crippen LogP contribution is -2.28. The van der Waals surface area contributed by atoms with Gasteiger partial charge in [-0.15, -0.1) is 0 Å². The smallest absolute Gasteiger partial charge is 0.251 e. The van der Waals surface area contributed by atoms with Gasteiger partial charge in [-0.25, -0.2) is 0 Å². The summed E-state index contributed by atoms with van der Waals surface area (Å²) in [4.78, 5) is 14.2. The van der Waals surface area contributed by atoms with Crippen LogP contribution in [0.25, 0.3) is 0 Å². The van der Waals surface area contributed by atoms with E-state index in [9.17, 15) is 4.79 Å². The van der Waals surface area contributed by atoms with E-state index >= 15 is 0 Å². The van der Waals surface area contributed by atoms with E-state index < -0.39 is 0 Å². The van der Waals surface area contributed by atoms with Gasteiger partial charge in [0.05, 0.1) is 11.4 Å². The highest BCUT2D eigenvalue weighted by Crippen LogP contribution is 2.29. The number of benzene rings is 1. The van der Waals surface area contributed by atoms with Crippen LogP contribution in [-0.2, 0) is 0 Å². The van der Waals surface area contributed by atoms with E-state index in [0.717, 1.165) is 23.8 Å². The summed E-state index contributed by atoms with van der Waals surface area (Å²) >= 11 is 0. The monoisotopic (exact) mass is 289 g/mol. The van der Waals surface area contributed by atoms with Gasteiger partial charge in [-0.1, -0.05) is 19.3 Å². The Kier molecular flexibility index (Phi) is 5.48. The summed E-state index contributed by atoms with van der Waals surface area (Å²) in [5.74, 6) is 0.709. The average Bonchev–Trinajstić information content (AvgIpc) is 2.48. The number of rotatable bonds is 5. The Morgan fingerprint density at radius 1 is 1.33 bits per heavy atom. The zero-order valence-electron chi connectivity index (χ0n) is 13.2. The van der Waals surface area contributed by atoms with Gasteiger partial charge in [0.1, 0.15) is 0 Å². The molecule has 1 aromatic carbocycles. The molecule has 4 heteroatoms. The molecular formula is C17H27N3O. The lowest BCUT2D eigenvalue weighted by atomic mass is 9.89. The summed E-state index contributed by atoms with van der Waals surface area (Å²) in [6.07, 6.45) is 6.66. The maximum absolute atomic E-state index is 12.0. The van der Waals surface area contributed by atoms with Gasteiger partial charge in [0.2, 0.25) is 0 Å². The molecule has 0 spiro atoms. The van der Waals surface area contributed by atoms with E-state index in [1.807, 2.05) is 19.1 Å². The number of anilines is 2. The Bertz CT molecular complexity index is 481. The lowest BCUT2D eigenvalue weighted by molar-refractivity contribution is 0.0956. The first kappa shape index (κ1) is 15.7. The van der Waals surface area contributed by atoms with Gasteiger partial charge in [0, 0.05) is 25.7 Å². The van der Waals surface area contributed by atoms with Crippen LogP contribution in [0.2, 0.25) is 0 Å². The molecule has 1 aliphatic rings. The van der Waals surface area contributed by atoms with E-state index in [-0.39, 0.29) is 5.91 Å². The van der Waals surface area contributed by atoms with Crippen LogP contribution < -0.4 is 16.0 Å². The van der Waals surface area contributed by atoms with Crippen LogP contribution in [0.3, 0.4) is 0 Å². The summed E-state index contributed by atoms with van der Waals surface area (Å²) in [5.41, 5.74) is 8.47. The first-order valence-corrected chi connectivity index (χ1v) is 8.00. The van der Waals surface area contributed by atoms with Crippen LogP contribution in [0.1, 0.15) is 49.4 Å². The summed E-state index contributed by atoms with van der Waals surface area (Å²) < 4.78 is 0. The molecule has 3 N–H and O–H groups in total. The Labute approximate surface area is 127 Å². The minimum atomic E-state index is -0.0372. The van der Waals surface area contributed by atoms with Crippen molar-refractivity contribution < 1.29 is 4.79 Å². The molecule has 0 aliphatic heterocycles. The minimum absolute atomic E-state index is 0.0372. The predicted molar refractivity (Wildman–Crippen MR) is 88.7 cm³/mol. The van der Waals surface area contributed by atoms with Crippen molar-refractivity contribution in [2.24, 2.45) is 5.92 Å². The molecule has 0 bridgehead atoms. The van der Waals surface area contributed by atoms with E-state index in [1.54, 1.807) is 6.07 Å². The number of nitrogen functional groups attached to an aromatic ring is 1. The number of hydrogen-bond acceptors (Lipinski definition) is 3. The Morgan fingerprint density at radius 2 is 2.05 bits per heavy atom. The van der Waals surface area contributed by atoms with E-state index in [1.165, 1.54) is 32.1 Å². The fourth-order valence-corrected chi connectivity index (χ4v) is 3.13. The predicted octanol–water partition coefficient (Wildman–Crippen LogP) is 3.04. The Morgan fingerprint density at radius 3 is 2.71 bits per heavy atom. The van der Waals surface area contributed by atoms with Crippen molar-refractivity contribution in [2.45, 2.75) is 39.0 Å². The zero-order valence-corrected chi connectivity index (χ0v) is 13.2. The number of amides is 1.